The predicted octanol–water partition coefficient (Wildman–Crippen LogP) is 4.19. The average molecular weight is 392 g/mol. The molecule has 4 nitrogen and oxygen atoms in total. The van der Waals surface area contributed by atoms with Gasteiger partial charge in [-0.2, -0.15) is 5.10 Å². The van der Waals surface area contributed by atoms with Crippen LogP contribution in [0.4, 0.5) is 14.5 Å². The molecular formula is C17H12BrF2N3O. The highest BCUT2D eigenvalue weighted by atomic mass is 79.9. The van der Waals surface area contributed by atoms with E-state index in [-0.39, 0.29) is 17.1 Å². The average Bonchev–Trinajstić information content (AvgIpc) is 3.03. The lowest BCUT2D eigenvalue weighted by molar-refractivity contribution is 0.0987. The third kappa shape index (κ3) is 3.07. The van der Waals surface area contributed by atoms with Gasteiger partial charge < -0.3 is 4.90 Å². The van der Waals surface area contributed by atoms with Gasteiger partial charge in [0.25, 0.3) is 5.91 Å². The highest BCUT2D eigenvalue weighted by Crippen LogP contribution is 2.23. The van der Waals surface area contributed by atoms with Gasteiger partial charge in [0, 0.05) is 17.7 Å². The van der Waals surface area contributed by atoms with Crippen LogP contribution in [-0.4, -0.2) is 22.7 Å². The molecule has 0 bridgehead atoms. The number of rotatable bonds is 3. The van der Waals surface area contributed by atoms with Crippen molar-refractivity contribution in [3.8, 4) is 5.69 Å². The van der Waals surface area contributed by atoms with Gasteiger partial charge in [0.15, 0.2) is 5.69 Å². The number of aromatic nitrogens is 2. The molecule has 24 heavy (non-hydrogen) atoms. The standard InChI is InChI=1S/C17H12BrF2N3O/c1-22(15-7-6-11(18)10-13(15)20)17(24)14-8-9-23(21-14)16-5-3-2-4-12(16)19/h2-10H,1H3. The van der Waals surface area contributed by atoms with Crippen molar-refractivity contribution in [2.75, 3.05) is 11.9 Å². The maximum atomic E-state index is 14.0. The van der Waals surface area contributed by atoms with Gasteiger partial charge in [-0.15, -0.1) is 0 Å². The monoisotopic (exact) mass is 391 g/mol. The summed E-state index contributed by atoms with van der Waals surface area (Å²) in [6.07, 6.45) is 1.48. The quantitative estimate of drug-likeness (QED) is 0.671. The molecule has 1 heterocycles. The minimum atomic E-state index is -0.534. The Morgan fingerprint density at radius 3 is 2.58 bits per heavy atom. The number of amides is 1. The smallest absolute Gasteiger partial charge is 0.278 e. The van der Waals surface area contributed by atoms with Gasteiger partial charge in [0.05, 0.1) is 5.69 Å². The first kappa shape index (κ1) is 16.3. The minimum absolute atomic E-state index is 0.0862. The molecule has 3 rings (SSSR count). The number of carbonyl (C=O) groups excluding carboxylic acids is 1. The largest absolute Gasteiger partial charge is 0.307 e. The molecule has 0 unspecified atom stereocenters. The molecule has 0 atom stereocenters. The Balaban J connectivity index is 1.90. The van der Waals surface area contributed by atoms with Crippen LogP contribution in [0.15, 0.2) is 59.2 Å². The summed E-state index contributed by atoms with van der Waals surface area (Å²) in [5, 5.41) is 4.09. The van der Waals surface area contributed by atoms with E-state index in [1.54, 1.807) is 24.3 Å². The van der Waals surface area contributed by atoms with Crippen molar-refractivity contribution in [1.29, 1.82) is 0 Å². The Labute approximate surface area is 145 Å². The molecule has 0 fully saturated rings. The van der Waals surface area contributed by atoms with E-state index in [4.69, 9.17) is 0 Å². The molecule has 0 saturated heterocycles. The normalized spacial score (nSPS) is 10.7. The molecule has 0 N–H and O–H groups in total. The molecule has 7 heteroatoms. The SMILES string of the molecule is CN(C(=O)c1ccn(-c2ccccc2F)n1)c1ccc(Br)cc1F. The molecule has 2 aromatic carbocycles. The van der Waals surface area contributed by atoms with E-state index in [0.29, 0.717) is 4.47 Å². The number of carbonyl (C=O) groups is 1. The van der Waals surface area contributed by atoms with Crippen LogP contribution >= 0.6 is 15.9 Å². The number of hydrogen-bond donors (Lipinski definition) is 0. The van der Waals surface area contributed by atoms with Gasteiger partial charge in [-0.05, 0) is 36.4 Å². The van der Waals surface area contributed by atoms with Gasteiger partial charge in [0.2, 0.25) is 0 Å². The van der Waals surface area contributed by atoms with Crippen molar-refractivity contribution in [1.82, 2.24) is 9.78 Å². The number of hydrogen-bond acceptors (Lipinski definition) is 2. The van der Waals surface area contributed by atoms with Gasteiger partial charge in [0.1, 0.15) is 17.3 Å². The Kier molecular flexibility index (Phi) is 4.44. The Morgan fingerprint density at radius 1 is 1.12 bits per heavy atom. The molecule has 122 valence electrons. The van der Waals surface area contributed by atoms with Crippen molar-refractivity contribution in [3.05, 3.63) is 76.5 Å². The van der Waals surface area contributed by atoms with Crippen molar-refractivity contribution >= 4 is 27.5 Å². The molecule has 1 aromatic heterocycles. The van der Waals surface area contributed by atoms with Crippen molar-refractivity contribution < 1.29 is 13.6 Å². The second-order valence-electron chi connectivity index (χ2n) is 5.06. The number of para-hydroxylation sites is 1. The van der Waals surface area contributed by atoms with Crippen LogP contribution in [0, 0.1) is 11.6 Å². The van der Waals surface area contributed by atoms with Crippen LogP contribution in [0.1, 0.15) is 10.5 Å². The molecule has 1 amide bonds. The molecule has 0 aliphatic rings. The van der Waals surface area contributed by atoms with E-state index in [9.17, 15) is 13.6 Å². The zero-order valence-electron chi connectivity index (χ0n) is 12.6. The second-order valence-corrected chi connectivity index (χ2v) is 5.97. The Bertz CT molecular complexity index is 910. The first-order valence-corrected chi connectivity index (χ1v) is 7.80. The summed E-state index contributed by atoms with van der Waals surface area (Å²) in [6.45, 7) is 0. The topological polar surface area (TPSA) is 38.1 Å². The van der Waals surface area contributed by atoms with E-state index in [1.807, 2.05) is 0 Å². The van der Waals surface area contributed by atoms with E-state index < -0.39 is 17.5 Å². The Morgan fingerprint density at radius 2 is 1.88 bits per heavy atom. The van der Waals surface area contributed by atoms with Gasteiger partial charge in [-0.25, -0.2) is 13.5 Å². The lowest BCUT2D eigenvalue weighted by Gasteiger charge is -2.17. The van der Waals surface area contributed by atoms with Gasteiger partial charge in [-0.3, -0.25) is 4.79 Å². The number of anilines is 1. The third-order valence-corrected chi connectivity index (χ3v) is 3.98. The molecule has 0 saturated carbocycles. The Hall–Kier alpha value is -2.54. The van der Waals surface area contributed by atoms with E-state index >= 15 is 0 Å². The molecule has 3 aromatic rings. The summed E-state index contributed by atoms with van der Waals surface area (Å²) in [5.41, 5.74) is 0.445. The molecule has 0 aliphatic carbocycles. The third-order valence-electron chi connectivity index (χ3n) is 3.48. The summed E-state index contributed by atoms with van der Waals surface area (Å²) in [6, 6.07) is 12.0. The molecule has 0 aliphatic heterocycles. The highest BCUT2D eigenvalue weighted by Gasteiger charge is 2.19. The summed E-state index contributed by atoms with van der Waals surface area (Å²) >= 11 is 3.17. The van der Waals surface area contributed by atoms with Crippen LogP contribution in [0.2, 0.25) is 0 Å². The number of benzene rings is 2. The molecular weight excluding hydrogens is 380 g/mol. The number of nitrogens with zero attached hydrogens (tertiary/aromatic N) is 3. The molecule has 0 spiro atoms. The zero-order valence-corrected chi connectivity index (χ0v) is 14.2. The van der Waals surface area contributed by atoms with Crippen LogP contribution in [-0.2, 0) is 0 Å². The highest BCUT2D eigenvalue weighted by molar-refractivity contribution is 9.10. The number of halogens is 3. The minimum Gasteiger partial charge on any atom is -0.307 e. The first-order valence-electron chi connectivity index (χ1n) is 7.01. The van der Waals surface area contributed by atoms with Crippen LogP contribution in [0.5, 0.6) is 0 Å². The van der Waals surface area contributed by atoms with Crippen LogP contribution < -0.4 is 4.90 Å². The predicted molar refractivity (Wildman–Crippen MR) is 90.4 cm³/mol. The fourth-order valence-corrected chi connectivity index (χ4v) is 2.58. The van der Waals surface area contributed by atoms with E-state index in [1.165, 1.54) is 42.2 Å². The van der Waals surface area contributed by atoms with Gasteiger partial charge in [-0.1, -0.05) is 28.1 Å². The summed E-state index contributed by atoms with van der Waals surface area (Å²) in [5.74, 6) is -1.48. The summed E-state index contributed by atoms with van der Waals surface area (Å²) in [7, 11) is 1.46. The first-order chi connectivity index (χ1) is 11.5. The van der Waals surface area contributed by atoms with Crippen LogP contribution in [0.25, 0.3) is 5.69 Å². The maximum absolute atomic E-state index is 14.0. The van der Waals surface area contributed by atoms with E-state index in [0.717, 1.165) is 4.90 Å². The fraction of sp³-hybridized carbons (Fsp3) is 0.0588. The maximum Gasteiger partial charge on any atom is 0.278 e. The summed E-state index contributed by atoms with van der Waals surface area (Å²) < 4.78 is 29.6. The summed E-state index contributed by atoms with van der Waals surface area (Å²) in [4.78, 5) is 13.7. The van der Waals surface area contributed by atoms with Crippen LogP contribution in [0.3, 0.4) is 0 Å². The van der Waals surface area contributed by atoms with Crippen molar-refractivity contribution in [2.24, 2.45) is 0 Å². The van der Waals surface area contributed by atoms with Gasteiger partial charge >= 0.3 is 0 Å². The molecule has 0 radical (unpaired) electrons. The lowest BCUT2D eigenvalue weighted by atomic mass is 10.2. The lowest BCUT2D eigenvalue weighted by Crippen LogP contribution is -2.27. The van der Waals surface area contributed by atoms with Crippen molar-refractivity contribution in [2.45, 2.75) is 0 Å². The van der Waals surface area contributed by atoms with E-state index in [2.05, 4.69) is 21.0 Å². The second kappa shape index (κ2) is 6.52. The van der Waals surface area contributed by atoms with Crippen molar-refractivity contribution in [3.63, 3.8) is 0 Å². The zero-order chi connectivity index (χ0) is 17.3. The fourth-order valence-electron chi connectivity index (χ4n) is 2.24.